The minimum atomic E-state index is -5.29. The Balaban J connectivity index is 1.87. The summed E-state index contributed by atoms with van der Waals surface area (Å²) >= 11 is 0. The highest BCUT2D eigenvalue weighted by molar-refractivity contribution is 5.93. The lowest BCUT2D eigenvalue weighted by Crippen LogP contribution is -2.39. The molecule has 0 unspecified atom stereocenters. The van der Waals surface area contributed by atoms with Gasteiger partial charge in [-0.15, -0.1) is 10.2 Å². The number of aryl methyl sites for hydroxylation is 1. The maximum absolute atomic E-state index is 13.5. The number of nitrogens with zero attached hydrogens (tertiary/aromatic N) is 8. The molecule has 15 heteroatoms. The average Bonchev–Trinajstić information content (AvgIpc) is 3.36. The van der Waals surface area contributed by atoms with Crippen molar-refractivity contribution in [1.29, 1.82) is 5.26 Å². The number of hydrogen-bond acceptors (Lipinski definition) is 6. The lowest BCUT2D eigenvalue weighted by atomic mass is 10.1. The molecular weight excluding hydrogens is 458 g/mol. The lowest BCUT2D eigenvalue weighted by Gasteiger charge is -2.27. The third-order valence-corrected chi connectivity index (χ3v) is 4.89. The smallest absolute Gasteiger partial charge is 0.328 e. The maximum atomic E-state index is 13.5. The average molecular weight is 470 g/mol. The van der Waals surface area contributed by atoms with E-state index in [2.05, 4.69) is 20.3 Å². The Bertz CT molecular complexity index is 1280. The first-order valence-electron chi connectivity index (χ1n) is 9.22. The maximum Gasteiger partial charge on any atom is 0.433 e. The van der Waals surface area contributed by atoms with Gasteiger partial charge in [-0.3, -0.25) is 4.79 Å². The van der Waals surface area contributed by atoms with Gasteiger partial charge in [0.2, 0.25) is 0 Å². The molecule has 1 aliphatic rings. The molecule has 0 aliphatic carbocycles. The van der Waals surface area contributed by atoms with Gasteiger partial charge in [0.1, 0.15) is 29.3 Å². The normalized spacial score (nSPS) is 14.2. The number of aromatic nitrogens is 6. The highest BCUT2D eigenvalue weighted by Crippen LogP contribution is 2.38. The zero-order valence-corrected chi connectivity index (χ0v) is 16.6. The van der Waals surface area contributed by atoms with E-state index in [0.717, 1.165) is 0 Å². The molecule has 0 fully saturated rings. The van der Waals surface area contributed by atoms with Crippen LogP contribution in [0.2, 0.25) is 0 Å². The number of carbonyl (C=O) groups excluding carboxylic acids is 1. The van der Waals surface area contributed by atoms with E-state index in [-0.39, 0.29) is 30.5 Å². The number of halogens is 6. The Hall–Kier alpha value is -3.96. The first-order valence-corrected chi connectivity index (χ1v) is 9.22. The molecule has 0 aromatic carbocycles. The van der Waals surface area contributed by atoms with Gasteiger partial charge in [-0.05, 0) is 19.1 Å². The fourth-order valence-electron chi connectivity index (χ4n) is 3.38. The summed E-state index contributed by atoms with van der Waals surface area (Å²) < 4.78 is 82.7. The largest absolute Gasteiger partial charge is 0.433 e. The van der Waals surface area contributed by atoms with Gasteiger partial charge >= 0.3 is 12.4 Å². The number of rotatable bonds is 2. The Kier molecular flexibility index (Phi) is 5.10. The third kappa shape index (κ3) is 3.99. The molecule has 0 saturated heterocycles. The van der Waals surface area contributed by atoms with Gasteiger partial charge in [0.05, 0.1) is 17.8 Å². The molecule has 33 heavy (non-hydrogen) atoms. The molecule has 4 heterocycles. The van der Waals surface area contributed by atoms with Crippen LogP contribution in [0.15, 0.2) is 18.5 Å². The second kappa shape index (κ2) is 7.57. The van der Waals surface area contributed by atoms with E-state index >= 15 is 0 Å². The zero-order chi connectivity index (χ0) is 24.1. The quantitative estimate of drug-likeness (QED) is 0.534. The van der Waals surface area contributed by atoms with Crippen LogP contribution in [0.25, 0.3) is 5.82 Å². The summed E-state index contributed by atoms with van der Waals surface area (Å²) in [5, 5.41) is 20.8. The molecule has 0 N–H and O–H groups in total. The van der Waals surface area contributed by atoms with E-state index in [9.17, 15) is 36.4 Å². The Labute approximate surface area is 180 Å². The van der Waals surface area contributed by atoms with Gasteiger partial charge in [-0.2, -0.15) is 36.7 Å². The van der Waals surface area contributed by atoms with E-state index in [4.69, 9.17) is 0 Å². The summed E-state index contributed by atoms with van der Waals surface area (Å²) in [6, 6.07) is 2.21. The standard InChI is InChI=1S/C18H12F6N8O/c1-9-4-12(16(33)30-2-3-31-8-26-28-14(31)7-30)32(29-9)15-10(6-25)11(17(19,20)21)5-13(27-15)18(22,23)24/h4-5,8H,2-3,7H2,1H3. The van der Waals surface area contributed by atoms with Crippen molar-refractivity contribution in [2.24, 2.45) is 0 Å². The van der Waals surface area contributed by atoms with Crippen molar-refractivity contribution < 1.29 is 31.1 Å². The molecular formula is C18H12F6N8O. The molecule has 0 atom stereocenters. The summed E-state index contributed by atoms with van der Waals surface area (Å²) in [5.74, 6) is -1.33. The van der Waals surface area contributed by atoms with Crippen LogP contribution >= 0.6 is 0 Å². The summed E-state index contributed by atoms with van der Waals surface area (Å²) in [7, 11) is 0. The molecule has 0 saturated carbocycles. The molecule has 0 radical (unpaired) electrons. The van der Waals surface area contributed by atoms with Crippen LogP contribution in [0.1, 0.15) is 38.8 Å². The zero-order valence-electron chi connectivity index (χ0n) is 16.6. The van der Waals surface area contributed by atoms with Crippen LogP contribution in [0.5, 0.6) is 0 Å². The highest BCUT2D eigenvalue weighted by Gasteiger charge is 2.42. The van der Waals surface area contributed by atoms with Crippen molar-refractivity contribution >= 4 is 5.91 Å². The van der Waals surface area contributed by atoms with Crippen molar-refractivity contribution in [2.45, 2.75) is 32.4 Å². The van der Waals surface area contributed by atoms with Gasteiger partial charge in [-0.1, -0.05) is 0 Å². The number of nitriles is 1. The molecule has 1 aliphatic heterocycles. The number of carbonyl (C=O) groups is 1. The molecule has 4 rings (SSSR count). The van der Waals surface area contributed by atoms with Crippen molar-refractivity contribution in [3.8, 4) is 11.9 Å². The molecule has 0 bridgehead atoms. The van der Waals surface area contributed by atoms with Crippen molar-refractivity contribution in [1.82, 2.24) is 34.4 Å². The van der Waals surface area contributed by atoms with Gasteiger partial charge in [0, 0.05) is 13.1 Å². The van der Waals surface area contributed by atoms with Crippen LogP contribution in [-0.2, 0) is 25.4 Å². The van der Waals surface area contributed by atoms with E-state index < -0.39 is 40.9 Å². The molecule has 9 nitrogen and oxygen atoms in total. The number of alkyl halides is 6. The monoisotopic (exact) mass is 470 g/mol. The van der Waals surface area contributed by atoms with Gasteiger partial charge in [0.15, 0.2) is 11.6 Å². The number of fused-ring (bicyclic) bond motifs is 1. The minimum Gasteiger partial charge on any atom is -0.328 e. The third-order valence-electron chi connectivity index (χ3n) is 4.89. The first-order chi connectivity index (χ1) is 15.4. The summed E-state index contributed by atoms with van der Waals surface area (Å²) in [5.41, 5.74) is -5.13. The van der Waals surface area contributed by atoms with Gasteiger partial charge in [0.25, 0.3) is 5.91 Å². The fraction of sp³-hybridized carbons (Fsp3) is 0.333. The Morgan fingerprint density at radius 2 is 1.85 bits per heavy atom. The molecule has 172 valence electrons. The second-order valence-electron chi connectivity index (χ2n) is 7.11. The van der Waals surface area contributed by atoms with Crippen molar-refractivity contribution in [3.05, 3.63) is 52.5 Å². The SMILES string of the molecule is Cc1cc(C(=O)N2CCn3cnnc3C2)n(-c2nc(C(F)(F)F)cc(C(F)(F)F)c2C#N)n1. The lowest BCUT2D eigenvalue weighted by molar-refractivity contribution is -0.145. The summed E-state index contributed by atoms with van der Waals surface area (Å²) in [6.07, 6.45) is -9.06. The van der Waals surface area contributed by atoms with Crippen molar-refractivity contribution in [2.75, 3.05) is 6.54 Å². The van der Waals surface area contributed by atoms with Crippen LogP contribution in [0.3, 0.4) is 0 Å². The van der Waals surface area contributed by atoms with Crippen LogP contribution in [0.4, 0.5) is 26.3 Å². The van der Waals surface area contributed by atoms with Gasteiger partial charge in [-0.25, -0.2) is 9.67 Å². The predicted molar refractivity (Wildman–Crippen MR) is 95.6 cm³/mol. The highest BCUT2D eigenvalue weighted by atomic mass is 19.4. The summed E-state index contributed by atoms with van der Waals surface area (Å²) in [4.78, 5) is 17.7. The Morgan fingerprint density at radius 1 is 1.12 bits per heavy atom. The van der Waals surface area contributed by atoms with Crippen LogP contribution in [0, 0.1) is 18.3 Å². The second-order valence-corrected chi connectivity index (χ2v) is 7.11. The van der Waals surface area contributed by atoms with Crippen LogP contribution < -0.4 is 0 Å². The van der Waals surface area contributed by atoms with E-state index in [0.29, 0.717) is 17.1 Å². The summed E-state index contributed by atoms with van der Waals surface area (Å²) in [6.45, 7) is 1.93. The Morgan fingerprint density at radius 3 is 2.48 bits per heavy atom. The number of pyridine rings is 1. The fourth-order valence-corrected chi connectivity index (χ4v) is 3.38. The predicted octanol–water partition coefficient (Wildman–Crippen LogP) is 2.73. The van der Waals surface area contributed by atoms with Crippen molar-refractivity contribution in [3.63, 3.8) is 0 Å². The number of amides is 1. The molecule has 3 aromatic rings. The molecule has 3 aromatic heterocycles. The van der Waals surface area contributed by atoms with Crippen LogP contribution in [-0.4, -0.2) is 46.9 Å². The van der Waals surface area contributed by atoms with E-state index in [1.54, 1.807) is 4.57 Å². The minimum absolute atomic E-state index is 0.0119. The number of hydrogen-bond donors (Lipinski definition) is 0. The first kappa shape index (κ1) is 22.2. The molecule has 1 amide bonds. The van der Waals surface area contributed by atoms with E-state index in [1.165, 1.54) is 30.3 Å². The topological polar surface area (TPSA) is 106 Å². The molecule has 0 spiro atoms. The van der Waals surface area contributed by atoms with E-state index in [1.807, 2.05) is 0 Å². The van der Waals surface area contributed by atoms with Gasteiger partial charge < -0.3 is 9.47 Å².